The Balaban J connectivity index is 1.92. The number of hydrazone groups is 1. The van der Waals surface area contributed by atoms with Crippen molar-refractivity contribution in [3.63, 3.8) is 0 Å². The maximum absolute atomic E-state index is 12.7. The molecule has 1 amide bonds. The van der Waals surface area contributed by atoms with Gasteiger partial charge in [0.25, 0.3) is 5.91 Å². The van der Waals surface area contributed by atoms with Crippen molar-refractivity contribution in [3.05, 3.63) is 72.4 Å². The van der Waals surface area contributed by atoms with Crippen molar-refractivity contribution in [2.75, 3.05) is 23.1 Å². The predicted octanol–water partition coefficient (Wildman–Crippen LogP) is 2.79. The summed E-state index contributed by atoms with van der Waals surface area (Å²) in [6.45, 7) is 2.21. The molecule has 0 unspecified atom stereocenters. The molecule has 0 atom stereocenters. The van der Waals surface area contributed by atoms with E-state index < -0.39 is 0 Å². The highest BCUT2D eigenvalue weighted by Gasteiger charge is 2.29. The molecule has 0 spiro atoms. The van der Waals surface area contributed by atoms with Gasteiger partial charge in [0.1, 0.15) is 0 Å². The van der Waals surface area contributed by atoms with Crippen LogP contribution in [0.2, 0.25) is 0 Å². The lowest BCUT2D eigenvalue weighted by Crippen LogP contribution is -2.26. The third-order valence-electron chi connectivity index (χ3n) is 3.78. The monoisotopic (exact) mass is 321 g/mol. The summed E-state index contributed by atoms with van der Waals surface area (Å²) in [6, 6.07) is 19.0. The standard InChI is InChI=1S/C19H19N3O2/c1-15-18(14-21(12-13-23)16-8-4-2-5-9-16)19(24)22(20-15)17-10-6-3-7-11-17/h2-11,14,23H,12-13H2,1H3/b18-14+. The molecule has 1 aliphatic heterocycles. The third-order valence-corrected chi connectivity index (χ3v) is 3.78. The number of aliphatic hydroxyl groups is 1. The van der Waals surface area contributed by atoms with Crippen molar-refractivity contribution < 1.29 is 9.90 Å². The molecule has 0 aromatic heterocycles. The average Bonchev–Trinajstić information content (AvgIpc) is 2.91. The number of nitrogens with zero attached hydrogens (tertiary/aromatic N) is 3. The Morgan fingerprint density at radius 3 is 2.33 bits per heavy atom. The van der Waals surface area contributed by atoms with Crippen LogP contribution in [0, 0.1) is 0 Å². The van der Waals surface area contributed by atoms with E-state index >= 15 is 0 Å². The van der Waals surface area contributed by atoms with Crippen LogP contribution >= 0.6 is 0 Å². The van der Waals surface area contributed by atoms with Crippen LogP contribution in [0.5, 0.6) is 0 Å². The Morgan fingerprint density at radius 2 is 1.71 bits per heavy atom. The summed E-state index contributed by atoms with van der Waals surface area (Å²) >= 11 is 0. The molecule has 122 valence electrons. The van der Waals surface area contributed by atoms with Crippen LogP contribution in [0.4, 0.5) is 11.4 Å². The topological polar surface area (TPSA) is 56.1 Å². The molecule has 24 heavy (non-hydrogen) atoms. The molecule has 0 saturated carbocycles. The largest absolute Gasteiger partial charge is 0.395 e. The highest BCUT2D eigenvalue weighted by molar-refractivity contribution is 6.29. The normalized spacial score (nSPS) is 15.8. The summed E-state index contributed by atoms with van der Waals surface area (Å²) in [4.78, 5) is 14.6. The van der Waals surface area contributed by atoms with Gasteiger partial charge in [-0.3, -0.25) is 4.79 Å². The van der Waals surface area contributed by atoms with E-state index in [4.69, 9.17) is 0 Å². The molecule has 0 bridgehead atoms. The number of carbonyl (C=O) groups excluding carboxylic acids is 1. The van der Waals surface area contributed by atoms with Gasteiger partial charge in [0.2, 0.25) is 0 Å². The quantitative estimate of drug-likeness (QED) is 0.862. The lowest BCUT2D eigenvalue weighted by Gasteiger charge is -2.20. The zero-order chi connectivity index (χ0) is 16.9. The Labute approximate surface area is 141 Å². The molecule has 5 heteroatoms. The SMILES string of the molecule is CC1=NN(c2ccccc2)C(=O)/C1=C/N(CCO)c1ccccc1. The lowest BCUT2D eigenvalue weighted by molar-refractivity contribution is -0.114. The van der Waals surface area contributed by atoms with Gasteiger partial charge < -0.3 is 10.0 Å². The van der Waals surface area contributed by atoms with Crippen molar-refractivity contribution >= 4 is 23.0 Å². The Kier molecular flexibility index (Phi) is 4.72. The average molecular weight is 321 g/mol. The lowest BCUT2D eigenvalue weighted by atomic mass is 10.1. The number of hydrogen-bond acceptors (Lipinski definition) is 4. The molecule has 5 nitrogen and oxygen atoms in total. The first kappa shape index (κ1) is 16.0. The van der Waals surface area contributed by atoms with Crippen molar-refractivity contribution in [1.82, 2.24) is 0 Å². The molecule has 0 fully saturated rings. The fourth-order valence-electron chi connectivity index (χ4n) is 2.56. The Bertz CT molecular complexity index is 770. The van der Waals surface area contributed by atoms with Crippen LogP contribution < -0.4 is 9.91 Å². The number of anilines is 2. The van der Waals surface area contributed by atoms with Gasteiger partial charge >= 0.3 is 0 Å². The zero-order valence-corrected chi connectivity index (χ0v) is 13.5. The molecule has 1 heterocycles. The van der Waals surface area contributed by atoms with E-state index in [0.29, 0.717) is 17.8 Å². The van der Waals surface area contributed by atoms with Crippen molar-refractivity contribution in [2.24, 2.45) is 5.10 Å². The Hall–Kier alpha value is -2.92. The van der Waals surface area contributed by atoms with Crippen molar-refractivity contribution in [3.8, 4) is 0 Å². The molecule has 0 saturated heterocycles. The van der Waals surface area contributed by atoms with E-state index in [0.717, 1.165) is 11.4 Å². The second-order valence-corrected chi connectivity index (χ2v) is 5.43. The highest BCUT2D eigenvalue weighted by atomic mass is 16.3. The van der Waals surface area contributed by atoms with E-state index in [-0.39, 0.29) is 12.5 Å². The first-order chi connectivity index (χ1) is 11.7. The van der Waals surface area contributed by atoms with Gasteiger partial charge in [0, 0.05) is 18.4 Å². The number of aliphatic hydroxyl groups excluding tert-OH is 1. The molecule has 1 N–H and O–H groups in total. The van der Waals surface area contributed by atoms with Crippen molar-refractivity contribution in [1.29, 1.82) is 0 Å². The van der Waals surface area contributed by atoms with E-state index in [1.54, 1.807) is 6.20 Å². The van der Waals surface area contributed by atoms with E-state index in [1.165, 1.54) is 5.01 Å². The molecule has 0 aliphatic carbocycles. The number of carbonyl (C=O) groups is 1. The number of benzene rings is 2. The van der Waals surface area contributed by atoms with Gasteiger partial charge in [-0.05, 0) is 31.2 Å². The minimum atomic E-state index is -0.169. The first-order valence-electron chi connectivity index (χ1n) is 7.80. The van der Waals surface area contributed by atoms with Crippen molar-refractivity contribution in [2.45, 2.75) is 6.92 Å². The van der Waals surface area contributed by atoms with Gasteiger partial charge in [0.05, 0.1) is 23.6 Å². The number of amides is 1. The minimum Gasteiger partial charge on any atom is -0.395 e. The summed E-state index contributed by atoms with van der Waals surface area (Å²) in [5.41, 5.74) is 2.83. The number of hydrogen-bond donors (Lipinski definition) is 1. The molecule has 2 aromatic carbocycles. The van der Waals surface area contributed by atoms with Crippen LogP contribution in [0.1, 0.15) is 6.92 Å². The fraction of sp³-hybridized carbons (Fsp3) is 0.158. The van der Waals surface area contributed by atoms with Crippen LogP contribution in [-0.4, -0.2) is 29.9 Å². The van der Waals surface area contributed by atoms with Gasteiger partial charge in [-0.1, -0.05) is 36.4 Å². The van der Waals surface area contributed by atoms with E-state index in [9.17, 15) is 9.90 Å². The summed E-state index contributed by atoms with van der Waals surface area (Å²) in [5.74, 6) is -0.169. The van der Waals surface area contributed by atoms with Gasteiger partial charge in [-0.2, -0.15) is 10.1 Å². The van der Waals surface area contributed by atoms with Crippen LogP contribution in [0.3, 0.4) is 0 Å². The molecule has 2 aromatic rings. The predicted molar refractivity (Wildman–Crippen MR) is 96.0 cm³/mol. The summed E-state index contributed by atoms with van der Waals surface area (Å²) in [5, 5.41) is 15.1. The smallest absolute Gasteiger partial charge is 0.282 e. The van der Waals surface area contributed by atoms with E-state index in [2.05, 4.69) is 5.10 Å². The maximum atomic E-state index is 12.7. The second kappa shape index (κ2) is 7.10. The van der Waals surface area contributed by atoms with Gasteiger partial charge in [-0.25, -0.2) is 0 Å². The Morgan fingerprint density at radius 1 is 1.08 bits per heavy atom. The summed E-state index contributed by atoms with van der Waals surface area (Å²) in [6.07, 6.45) is 1.76. The summed E-state index contributed by atoms with van der Waals surface area (Å²) in [7, 11) is 0. The van der Waals surface area contributed by atoms with Crippen LogP contribution in [-0.2, 0) is 4.79 Å². The number of rotatable bonds is 5. The van der Waals surface area contributed by atoms with E-state index in [1.807, 2.05) is 72.5 Å². The van der Waals surface area contributed by atoms with Gasteiger partial charge in [-0.15, -0.1) is 0 Å². The maximum Gasteiger partial charge on any atom is 0.282 e. The molecule has 0 radical (unpaired) electrons. The molecular weight excluding hydrogens is 302 g/mol. The fourth-order valence-corrected chi connectivity index (χ4v) is 2.56. The minimum absolute atomic E-state index is 0.00848. The van der Waals surface area contributed by atoms with Crippen LogP contribution in [0.15, 0.2) is 77.5 Å². The third kappa shape index (κ3) is 3.21. The summed E-state index contributed by atoms with van der Waals surface area (Å²) < 4.78 is 0. The molecule has 3 rings (SSSR count). The number of para-hydroxylation sites is 2. The van der Waals surface area contributed by atoms with Gasteiger partial charge in [0.15, 0.2) is 0 Å². The zero-order valence-electron chi connectivity index (χ0n) is 13.5. The molecular formula is C19H19N3O2. The highest BCUT2D eigenvalue weighted by Crippen LogP contribution is 2.24. The van der Waals surface area contributed by atoms with Crippen LogP contribution in [0.25, 0.3) is 0 Å². The first-order valence-corrected chi connectivity index (χ1v) is 7.80. The molecule has 1 aliphatic rings. The second-order valence-electron chi connectivity index (χ2n) is 5.43.